The number of aromatic amines is 2. The zero-order valence-corrected chi connectivity index (χ0v) is 11.1. The molecule has 114 valence electrons. The summed E-state index contributed by atoms with van der Waals surface area (Å²) in [7, 11) is 1.43. The monoisotopic (exact) mass is 302 g/mol. The number of hydrogen-bond acceptors (Lipinski definition) is 3. The normalized spacial score (nSPS) is 11.6. The lowest BCUT2D eigenvalue weighted by atomic mass is 10.0. The van der Waals surface area contributed by atoms with Crippen LogP contribution in [0.1, 0.15) is 16.8 Å². The standard InChI is InChI=1S/C13H13F3N2O3/c1-20-7-21-10-5-3-2-4-8(10)6-9-11(13(14,15)16)17-18-12(9)19/h2-5H,6-7H2,1H3,(H2,17,18,19). The number of para-hydroxylation sites is 1. The number of halogens is 3. The first-order chi connectivity index (χ1) is 9.93. The number of alkyl halides is 3. The van der Waals surface area contributed by atoms with E-state index >= 15 is 0 Å². The third-order valence-electron chi connectivity index (χ3n) is 2.83. The van der Waals surface area contributed by atoms with Gasteiger partial charge in [0.2, 0.25) is 0 Å². The molecule has 0 atom stereocenters. The lowest BCUT2D eigenvalue weighted by molar-refractivity contribution is -0.141. The minimum Gasteiger partial charge on any atom is -0.467 e. The molecule has 0 bridgehead atoms. The van der Waals surface area contributed by atoms with Crippen molar-refractivity contribution >= 4 is 0 Å². The summed E-state index contributed by atoms with van der Waals surface area (Å²) in [6, 6.07) is 6.53. The van der Waals surface area contributed by atoms with Crippen LogP contribution in [-0.2, 0) is 17.3 Å². The minimum atomic E-state index is -4.63. The van der Waals surface area contributed by atoms with Gasteiger partial charge in [0.1, 0.15) is 11.4 Å². The van der Waals surface area contributed by atoms with Gasteiger partial charge in [-0.1, -0.05) is 18.2 Å². The summed E-state index contributed by atoms with van der Waals surface area (Å²) in [6.07, 6.45) is -4.83. The lowest BCUT2D eigenvalue weighted by Crippen LogP contribution is -2.14. The Hall–Kier alpha value is -2.22. The Morgan fingerprint density at radius 2 is 1.90 bits per heavy atom. The van der Waals surface area contributed by atoms with E-state index in [1.54, 1.807) is 24.3 Å². The van der Waals surface area contributed by atoms with Crippen molar-refractivity contribution < 1.29 is 22.6 Å². The highest BCUT2D eigenvalue weighted by Gasteiger charge is 2.36. The molecule has 21 heavy (non-hydrogen) atoms. The van der Waals surface area contributed by atoms with Gasteiger partial charge in [0.15, 0.2) is 6.79 Å². The molecule has 0 radical (unpaired) electrons. The van der Waals surface area contributed by atoms with E-state index in [1.807, 2.05) is 10.2 Å². The van der Waals surface area contributed by atoms with Crippen molar-refractivity contribution in [1.29, 1.82) is 0 Å². The molecule has 5 nitrogen and oxygen atoms in total. The van der Waals surface area contributed by atoms with Gasteiger partial charge in [0.25, 0.3) is 5.56 Å². The molecule has 0 aliphatic carbocycles. The van der Waals surface area contributed by atoms with Gasteiger partial charge in [-0.2, -0.15) is 13.2 Å². The molecule has 1 aromatic carbocycles. The van der Waals surface area contributed by atoms with E-state index < -0.39 is 17.4 Å². The van der Waals surface area contributed by atoms with E-state index in [-0.39, 0.29) is 18.8 Å². The quantitative estimate of drug-likeness (QED) is 0.833. The Bertz CT molecular complexity index is 661. The van der Waals surface area contributed by atoms with Crippen LogP contribution >= 0.6 is 0 Å². The molecule has 0 unspecified atom stereocenters. The molecule has 1 heterocycles. The minimum absolute atomic E-state index is 0.0351. The van der Waals surface area contributed by atoms with Crippen molar-refractivity contribution in [3.05, 3.63) is 51.4 Å². The van der Waals surface area contributed by atoms with Gasteiger partial charge < -0.3 is 9.47 Å². The van der Waals surface area contributed by atoms with Crippen LogP contribution in [0.25, 0.3) is 0 Å². The zero-order chi connectivity index (χ0) is 15.5. The van der Waals surface area contributed by atoms with Crippen molar-refractivity contribution in [2.24, 2.45) is 0 Å². The van der Waals surface area contributed by atoms with E-state index in [0.717, 1.165) is 0 Å². The number of benzene rings is 1. The highest BCUT2D eigenvalue weighted by atomic mass is 19.4. The summed E-state index contributed by atoms with van der Waals surface area (Å²) in [5.41, 5.74) is -1.79. The summed E-state index contributed by atoms with van der Waals surface area (Å²) in [4.78, 5) is 11.6. The SMILES string of the molecule is COCOc1ccccc1Cc1c(C(F)(F)F)[nH][nH]c1=O. The van der Waals surface area contributed by atoms with Gasteiger partial charge in [-0.25, -0.2) is 0 Å². The molecule has 0 aliphatic rings. The lowest BCUT2D eigenvalue weighted by Gasteiger charge is -2.11. The van der Waals surface area contributed by atoms with Crippen molar-refractivity contribution in [1.82, 2.24) is 10.2 Å². The molecule has 0 aliphatic heterocycles. The summed E-state index contributed by atoms with van der Waals surface area (Å²) >= 11 is 0. The maximum Gasteiger partial charge on any atom is 0.433 e. The number of H-pyrrole nitrogens is 2. The van der Waals surface area contributed by atoms with Crippen LogP contribution in [-0.4, -0.2) is 24.1 Å². The van der Waals surface area contributed by atoms with E-state index in [4.69, 9.17) is 9.47 Å². The predicted molar refractivity (Wildman–Crippen MR) is 68.2 cm³/mol. The van der Waals surface area contributed by atoms with Crippen LogP contribution < -0.4 is 10.3 Å². The second-order valence-corrected chi connectivity index (χ2v) is 4.27. The van der Waals surface area contributed by atoms with E-state index in [0.29, 0.717) is 11.3 Å². The molecule has 0 amide bonds. The topological polar surface area (TPSA) is 67.1 Å². The maximum absolute atomic E-state index is 12.8. The number of methoxy groups -OCH3 is 1. The van der Waals surface area contributed by atoms with Gasteiger partial charge in [-0.3, -0.25) is 15.0 Å². The van der Waals surface area contributed by atoms with Gasteiger partial charge in [0, 0.05) is 13.5 Å². The second kappa shape index (κ2) is 6.04. The van der Waals surface area contributed by atoms with Crippen molar-refractivity contribution in [2.75, 3.05) is 13.9 Å². The Morgan fingerprint density at radius 1 is 1.19 bits per heavy atom. The van der Waals surface area contributed by atoms with E-state index in [9.17, 15) is 18.0 Å². The van der Waals surface area contributed by atoms with Crippen molar-refractivity contribution in [3.63, 3.8) is 0 Å². The molecule has 0 spiro atoms. The third kappa shape index (κ3) is 3.46. The average molecular weight is 302 g/mol. The zero-order valence-electron chi connectivity index (χ0n) is 11.1. The Kier molecular flexibility index (Phi) is 4.37. The largest absolute Gasteiger partial charge is 0.467 e. The first kappa shape index (κ1) is 15.2. The van der Waals surface area contributed by atoms with Crippen LogP contribution in [0.5, 0.6) is 5.75 Å². The summed E-state index contributed by atoms with van der Waals surface area (Å²) in [6.45, 7) is -0.0351. The molecule has 1 aromatic heterocycles. The second-order valence-electron chi connectivity index (χ2n) is 4.27. The third-order valence-corrected chi connectivity index (χ3v) is 2.83. The fourth-order valence-corrected chi connectivity index (χ4v) is 1.90. The molecule has 2 aromatic rings. The summed E-state index contributed by atoms with van der Waals surface area (Å²) in [5, 5.41) is 3.83. The number of hydrogen-bond donors (Lipinski definition) is 2. The number of rotatable bonds is 5. The number of aromatic nitrogens is 2. The molecular weight excluding hydrogens is 289 g/mol. The average Bonchev–Trinajstić information content (AvgIpc) is 2.79. The Balaban J connectivity index is 2.35. The van der Waals surface area contributed by atoms with Crippen molar-refractivity contribution in [2.45, 2.75) is 12.6 Å². The van der Waals surface area contributed by atoms with E-state index in [1.165, 1.54) is 7.11 Å². The molecule has 2 N–H and O–H groups in total. The van der Waals surface area contributed by atoms with Crippen LogP contribution in [0, 0.1) is 0 Å². The molecule has 0 saturated heterocycles. The number of nitrogens with one attached hydrogen (secondary N) is 2. The molecular formula is C13H13F3N2O3. The van der Waals surface area contributed by atoms with Gasteiger partial charge in [-0.15, -0.1) is 0 Å². The van der Waals surface area contributed by atoms with Crippen LogP contribution in [0.3, 0.4) is 0 Å². The van der Waals surface area contributed by atoms with Crippen LogP contribution in [0.4, 0.5) is 13.2 Å². The van der Waals surface area contributed by atoms with Crippen molar-refractivity contribution in [3.8, 4) is 5.75 Å². The fraction of sp³-hybridized carbons (Fsp3) is 0.308. The Labute approximate surface area is 117 Å². The van der Waals surface area contributed by atoms with Gasteiger partial charge in [0.05, 0.1) is 5.56 Å². The predicted octanol–water partition coefficient (Wildman–Crippen LogP) is 2.30. The van der Waals surface area contributed by atoms with Crippen LogP contribution in [0.15, 0.2) is 29.1 Å². The molecule has 8 heteroatoms. The highest BCUT2D eigenvalue weighted by molar-refractivity contribution is 5.38. The van der Waals surface area contributed by atoms with Crippen LogP contribution in [0.2, 0.25) is 0 Å². The molecule has 0 saturated carbocycles. The maximum atomic E-state index is 12.8. The smallest absolute Gasteiger partial charge is 0.433 e. The Morgan fingerprint density at radius 3 is 2.57 bits per heavy atom. The highest BCUT2D eigenvalue weighted by Crippen LogP contribution is 2.31. The summed E-state index contributed by atoms with van der Waals surface area (Å²) < 4.78 is 48.5. The number of ether oxygens (including phenoxy) is 2. The van der Waals surface area contributed by atoms with Gasteiger partial charge in [-0.05, 0) is 11.6 Å². The molecule has 0 fully saturated rings. The molecule has 2 rings (SSSR count). The fourth-order valence-electron chi connectivity index (χ4n) is 1.90. The van der Waals surface area contributed by atoms with E-state index in [2.05, 4.69) is 0 Å². The first-order valence-corrected chi connectivity index (χ1v) is 6.00. The van der Waals surface area contributed by atoms with Gasteiger partial charge >= 0.3 is 6.18 Å². The first-order valence-electron chi connectivity index (χ1n) is 6.00. The summed E-state index contributed by atoms with van der Waals surface area (Å²) in [5.74, 6) is 0.369.